The van der Waals surface area contributed by atoms with Crippen molar-refractivity contribution in [1.29, 1.82) is 0 Å². The van der Waals surface area contributed by atoms with E-state index in [0.717, 1.165) is 10.0 Å². The molecule has 2 aromatic rings. The number of benzene rings is 2. The monoisotopic (exact) mass is 295 g/mol. The lowest BCUT2D eigenvalue weighted by molar-refractivity contribution is 0.442. The summed E-state index contributed by atoms with van der Waals surface area (Å²) >= 11 is 3.27. The molecule has 0 aliphatic rings. The number of hydrogen-bond acceptors (Lipinski definition) is 2. The molecule has 0 bridgehead atoms. The highest BCUT2D eigenvalue weighted by Crippen LogP contribution is 2.29. The molecule has 17 heavy (non-hydrogen) atoms. The van der Waals surface area contributed by atoms with Crippen molar-refractivity contribution in [2.75, 3.05) is 5.73 Å². The molecule has 4 heteroatoms. The molecule has 0 heterocycles. The molecule has 0 aliphatic carbocycles. The average molecular weight is 296 g/mol. The molecule has 2 rings (SSSR count). The molecular weight excluding hydrogens is 285 g/mol. The van der Waals surface area contributed by atoms with E-state index >= 15 is 0 Å². The normalized spacial score (nSPS) is 10.3. The van der Waals surface area contributed by atoms with Crippen LogP contribution in [0.5, 0.6) is 11.5 Å². The van der Waals surface area contributed by atoms with Gasteiger partial charge in [0.15, 0.2) is 11.6 Å². The molecule has 2 N–H and O–H groups in total. The van der Waals surface area contributed by atoms with Crippen molar-refractivity contribution < 1.29 is 9.13 Å². The topological polar surface area (TPSA) is 35.2 Å². The van der Waals surface area contributed by atoms with Gasteiger partial charge in [0.05, 0.1) is 0 Å². The maximum absolute atomic E-state index is 13.5. The van der Waals surface area contributed by atoms with E-state index in [1.807, 2.05) is 13.0 Å². The highest BCUT2D eigenvalue weighted by Gasteiger charge is 2.06. The SMILES string of the molecule is Cc1cc(N)cc(Oc2cc(Br)ccc2F)c1. The van der Waals surface area contributed by atoms with Crippen LogP contribution < -0.4 is 10.5 Å². The van der Waals surface area contributed by atoms with E-state index in [9.17, 15) is 4.39 Å². The lowest BCUT2D eigenvalue weighted by Gasteiger charge is -2.08. The summed E-state index contributed by atoms with van der Waals surface area (Å²) in [6.07, 6.45) is 0. The van der Waals surface area contributed by atoms with E-state index in [-0.39, 0.29) is 5.75 Å². The summed E-state index contributed by atoms with van der Waals surface area (Å²) in [6.45, 7) is 1.90. The molecule has 0 saturated carbocycles. The smallest absolute Gasteiger partial charge is 0.165 e. The van der Waals surface area contributed by atoms with Crippen LogP contribution in [0.3, 0.4) is 0 Å². The third-order valence-electron chi connectivity index (χ3n) is 2.19. The van der Waals surface area contributed by atoms with Gasteiger partial charge in [-0.05, 0) is 42.8 Å². The first-order valence-corrected chi connectivity index (χ1v) is 5.84. The minimum atomic E-state index is -0.409. The first kappa shape index (κ1) is 11.9. The van der Waals surface area contributed by atoms with E-state index in [4.69, 9.17) is 10.5 Å². The van der Waals surface area contributed by atoms with Crippen molar-refractivity contribution in [3.63, 3.8) is 0 Å². The number of rotatable bonds is 2. The molecule has 0 aliphatic heterocycles. The Labute approximate surface area is 107 Å². The van der Waals surface area contributed by atoms with Gasteiger partial charge in [-0.2, -0.15) is 0 Å². The van der Waals surface area contributed by atoms with E-state index in [2.05, 4.69) is 15.9 Å². The first-order chi connectivity index (χ1) is 8.04. The summed E-state index contributed by atoms with van der Waals surface area (Å²) in [5.41, 5.74) is 7.26. The largest absolute Gasteiger partial charge is 0.454 e. The average Bonchev–Trinajstić information content (AvgIpc) is 2.22. The number of nitrogen functional groups attached to an aromatic ring is 1. The lowest BCUT2D eigenvalue weighted by atomic mass is 10.2. The van der Waals surface area contributed by atoms with Crippen molar-refractivity contribution in [2.24, 2.45) is 0 Å². The Morgan fingerprint density at radius 2 is 1.94 bits per heavy atom. The lowest BCUT2D eigenvalue weighted by Crippen LogP contribution is -1.91. The minimum Gasteiger partial charge on any atom is -0.454 e. The van der Waals surface area contributed by atoms with Gasteiger partial charge in [0.25, 0.3) is 0 Å². The molecule has 0 saturated heterocycles. The molecule has 0 fully saturated rings. The molecule has 88 valence electrons. The summed E-state index contributed by atoms with van der Waals surface area (Å²) in [6, 6.07) is 9.83. The number of nitrogens with two attached hydrogens (primary N) is 1. The molecule has 2 aromatic carbocycles. The van der Waals surface area contributed by atoms with Crippen LogP contribution in [-0.4, -0.2) is 0 Å². The zero-order valence-electron chi connectivity index (χ0n) is 9.21. The van der Waals surface area contributed by atoms with E-state index in [1.54, 1.807) is 24.3 Å². The molecular formula is C13H11BrFNO. The Balaban J connectivity index is 2.34. The van der Waals surface area contributed by atoms with Gasteiger partial charge in [-0.1, -0.05) is 15.9 Å². The van der Waals surface area contributed by atoms with Gasteiger partial charge < -0.3 is 10.5 Å². The molecule has 0 unspecified atom stereocenters. The molecule has 0 aromatic heterocycles. The Morgan fingerprint density at radius 3 is 2.65 bits per heavy atom. The summed E-state index contributed by atoms with van der Waals surface area (Å²) < 4.78 is 19.7. The summed E-state index contributed by atoms with van der Waals surface area (Å²) in [5, 5.41) is 0. The molecule has 0 radical (unpaired) electrons. The number of ether oxygens (including phenoxy) is 1. The second kappa shape index (κ2) is 4.75. The predicted octanol–water partition coefficient (Wildman–Crippen LogP) is 4.27. The number of hydrogen-bond donors (Lipinski definition) is 1. The number of aryl methyl sites for hydroxylation is 1. The van der Waals surface area contributed by atoms with Gasteiger partial charge in [-0.25, -0.2) is 4.39 Å². The summed E-state index contributed by atoms with van der Waals surface area (Å²) in [7, 11) is 0. The molecule has 0 atom stereocenters. The van der Waals surface area contributed by atoms with Crippen molar-refractivity contribution in [3.05, 3.63) is 52.3 Å². The third-order valence-corrected chi connectivity index (χ3v) is 2.69. The van der Waals surface area contributed by atoms with Crippen molar-refractivity contribution in [3.8, 4) is 11.5 Å². The zero-order chi connectivity index (χ0) is 12.4. The van der Waals surface area contributed by atoms with Crippen LogP contribution in [-0.2, 0) is 0 Å². The Morgan fingerprint density at radius 1 is 1.18 bits per heavy atom. The zero-order valence-corrected chi connectivity index (χ0v) is 10.8. The van der Waals surface area contributed by atoms with Crippen LogP contribution in [0.1, 0.15) is 5.56 Å². The van der Waals surface area contributed by atoms with Gasteiger partial charge in [-0.3, -0.25) is 0 Å². The fraction of sp³-hybridized carbons (Fsp3) is 0.0769. The Bertz CT molecular complexity index is 537. The summed E-state index contributed by atoms with van der Waals surface area (Å²) in [5.74, 6) is 0.289. The van der Waals surface area contributed by atoms with Gasteiger partial charge in [0, 0.05) is 16.2 Å². The van der Waals surface area contributed by atoms with E-state index in [1.165, 1.54) is 6.07 Å². The second-order valence-electron chi connectivity index (χ2n) is 3.76. The fourth-order valence-electron chi connectivity index (χ4n) is 1.52. The van der Waals surface area contributed by atoms with Crippen LogP contribution in [0.15, 0.2) is 40.9 Å². The third kappa shape index (κ3) is 2.97. The van der Waals surface area contributed by atoms with Gasteiger partial charge in [-0.15, -0.1) is 0 Å². The Kier molecular flexibility index (Phi) is 3.33. The highest BCUT2D eigenvalue weighted by atomic mass is 79.9. The van der Waals surface area contributed by atoms with E-state index in [0.29, 0.717) is 11.4 Å². The quantitative estimate of drug-likeness (QED) is 0.840. The molecule has 2 nitrogen and oxygen atoms in total. The van der Waals surface area contributed by atoms with Crippen molar-refractivity contribution in [1.82, 2.24) is 0 Å². The van der Waals surface area contributed by atoms with Crippen LogP contribution in [0.25, 0.3) is 0 Å². The fourth-order valence-corrected chi connectivity index (χ4v) is 1.86. The van der Waals surface area contributed by atoms with Crippen LogP contribution in [0.2, 0.25) is 0 Å². The van der Waals surface area contributed by atoms with Gasteiger partial charge >= 0.3 is 0 Å². The van der Waals surface area contributed by atoms with Crippen LogP contribution in [0, 0.1) is 12.7 Å². The molecule has 0 spiro atoms. The number of halogens is 2. The standard InChI is InChI=1S/C13H11BrFNO/c1-8-4-10(16)7-11(5-8)17-13-6-9(14)2-3-12(13)15/h2-7H,16H2,1H3. The minimum absolute atomic E-state index is 0.171. The maximum atomic E-state index is 13.5. The van der Waals surface area contributed by atoms with Gasteiger partial charge in [0.1, 0.15) is 5.75 Å². The maximum Gasteiger partial charge on any atom is 0.165 e. The molecule has 0 amide bonds. The Hall–Kier alpha value is -1.55. The first-order valence-electron chi connectivity index (χ1n) is 5.04. The van der Waals surface area contributed by atoms with Crippen molar-refractivity contribution >= 4 is 21.6 Å². The predicted molar refractivity (Wildman–Crippen MR) is 69.8 cm³/mol. The highest BCUT2D eigenvalue weighted by molar-refractivity contribution is 9.10. The van der Waals surface area contributed by atoms with Crippen molar-refractivity contribution in [2.45, 2.75) is 6.92 Å². The summed E-state index contributed by atoms with van der Waals surface area (Å²) in [4.78, 5) is 0. The van der Waals surface area contributed by atoms with Gasteiger partial charge in [0.2, 0.25) is 0 Å². The van der Waals surface area contributed by atoms with Crippen LogP contribution in [0.4, 0.5) is 10.1 Å². The number of anilines is 1. The van der Waals surface area contributed by atoms with E-state index < -0.39 is 5.82 Å². The van der Waals surface area contributed by atoms with Crippen LogP contribution >= 0.6 is 15.9 Å². The second-order valence-corrected chi connectivity index (χ2v) is 4.67.